The van der Waals surface area contributed by atoms with Gasteiger partial charge in [0.25, 0.3) is 0 Å². The average Bonchev–Trinajstić information content (AvgIpc) is 2.47. The summed E-state index contributed by atoms with van der Waals surface area (Å²) in [4.78, 5) is 17.8. The second kappa shape index (κ2) is 4.97. The highest BCUT2D eigenvalue weighted by molar-refractivity contribution is 5.81. The fraction of sp³-hybridized carbons (Fsp3) is 0.556. The Morgan fingerprint density at radius 2 is 1.62 bits per heavy atom. The fourth-order valence-corrected chi connectivity index (χ4v) is 5.13. The van der Waals surface area contributed by atoms with Gasteiger partial charge >= 0.3 is 5.97 Å². The smallest absolute Gasteiger partial charge is 0.318 e. The predicted molar refractivity (Wildman–Crippen MR) is 80.7 cm³/mol. The normalized spacial score (nSPS) is 37.0. The van der Waals surface area contributed by atoms with Gasteiger partial charge < -0.3 is 4.84 Å². The number of carbonyl (C=O) groups excluding carboxylic acids is 1. The molecule has 0 atom stereocenters. The van der Waals surface area contributed by atoms with Gasteiger partial charge in [0, 0.05) is 0 Å². The Morgan fingerprint density at radius 3 is 2.19 bits per heavy atom. The van der Waals surface area contributed by atoms with Gasteiger partial charge in [-0.1, -0.05) is 35.5 Å². The SMILES string of the molecule is O=C(O/N=C/c1ccccc1)C12CC3CC(CC(C3)C1)C2. The molecule has 1 aromatic carbocycles. The summed E-state index contributed by atoms with van der Waals surface area (Å²) in [7, 11) is 0. The summed E-state index contributed by atoms with van der Waals surface area (Å²) in [6, 6.07) is 9.74. The zero-order valence-electron chi connectivity index (χ0n) is 12.2. The quantitative estimate of drug-likeness (QED) is 0.481. The Balaban J connectivity index is 1.44. The van der Waals surface area contributed by atoms with E-state index in [2.05, 4.69) is 5.16 Å². The van der Waals surface area contributed by atoms with E-state index in [-0.39, 0.29) is 11.4 Å². The van der Waals surface area contributed by atoms with Gasteiger partial charge in [-0.15, -0.1) is 0 Å². The number of hydrogen-bond donors (Lipinski definition) is 0. The summed E-state index contributed by atoms with van der Waals surface area (Å²) in [5.41, 5.74) is 0.735. The molecule has 4 aliphatic carbocycles. The maximum absolute atomic E-state index is 12.6. The molecule has 1 aromatic rings. The zero-order chi connectivity index (χ0) is 14.3. The summed E-state index contributed by atoms with van der Waals surface area (Å²) >= 11 is 0. The van der Waals surface area contributed by atoms with Crippen LogP contribution in [0.1, 0.15) is 44.1 Å². The van der Waals surface area contributed by atoms with Crippen molar-refractivity contribution in [3.63, 3.8) is 0 Å². The van der Waals surface area contributed by atoms with E-state index in [1.807, 2.05) is 30.3 Å². The third-order valence-corrected chi connectivity index (χ3v) is 5.61. The van der Waals surface area contributed by atoms with Crippen molar-refractivity contribution in [2.75, 3.05) is 0 Å². The Kier molecular flexibility index (Phi) is 3.09. The third kappa shape index (κ3) is 2.39. The van der Waals surface area contributed by atoms with E-state index in [1.54, 1.807) is 6.21 Å². The van der Waals surface area contributed by atoms with E-state index in [0.717, 1.165) is 42.6 Å². The van der Waals surface area contributed by atoms with Gasteiger partial charge in [-0.25, -0.2) is 4.79 Å². The van der Waals surface area contributed by atoms with Gasteiger partial charge in [-0.2, -0.15) is 0 Å². The van der Waals surface area contributed by atoms with Crippen LogP contribution in [0.4, 0.5) is 0 Å². The molecule has 5 rings (SSSR count). The van der Waals surface area contributed by atoms with Crippen molar-refractivity contribution in [3.05, 3.63) is 35.9 Å². The van der Waals surface area contributed by atoms with E-state index < -0.39 is 0 Å². The second-order valence-corrected chi connectivity index (χ2v) is 7.22. The summed E-state index contributed by atoms with van der Waals surface area (Å²) in [5.74, 6) is 2.17. The van der Waals surface area contributed by atoms with Gasteiger partial charge in [-0.3, -0.25) is 0 Å². The van der Waals surface area contributed by atoms with Crippen molar-refractivity contribution in [3.8, 4) is 0 Å². The molecule has 4 bridgehead atoms. The number of hydrogen-bond acceptors (Lipinski definition) is 3. The largest absolute Gasteiger partial charge is 0.341 e. The van der Waals surface area contributed by atoms with Crippen molar-refractivity contribution in [2.45, 2.75) is 38.5 Å². The molecule has 4 aliphatic rings. The molecular formula is C18H21NO2. The van der Waals surface area contributed by atoms with E-state index in [4.69, 9.17) is 4.84 Å². The van der Waals surface area contributed by atoms with Crippen LogP contribution in [0.25, 0.3) is 0 Å². The Hall–Kier alpha value is -1.64. The van der Waals surface area contributed by atoms with Crippen LogP contribution < -0.4 is 0 Å². The molecule has 0 saturated heterocycles. The lowest BCUT2D eigenvalue weighted by molar-refractivity contribution is -0.171. The molecule has 0 spiro atoms. The van der Waals surface area contributed by atoms with Crippen LogP contribution in [0.5, 0.6) is 0 Å². The lowest BCUT2D eigenvalue weighted by Crippen LogP contribution is -2.50. The molecule has 0 N–H and O–H groups in total. The first-order chi connectivity index (χ1) is 10.2. The molecule has 3 nitrogen and oxygen atoms in total. The number of rotatable bonds is 3. The lowest BCUT2D eigenvalue weighted by atomic mass is 9.49. The second-order valence-electron chi connectivity index (χ2n) is 7.22. The van der Waals surface area contributed by atoms with Crippen LogP contribution in [0, 0.1) is 23.2 Å². The first-order valence-electron chi connectivity index (χ1n) is 8.03. The Bertz CT molecular complexity index is 529. The van der Waals surface area contributed by atoms with Crippen LogP contribution in [0.2, 0.25) is 0 Å². The van der Waals surface area contributed by atoms with Crippen molar-refractivity contribution in [1.82, 2.24) is 0 Å². The van der Waals surface area contributed by atoms with Crippen LogP contribution in [0.3, 0.4) is 0 Å². The number of benzene rings is 1. The molecular weight excluding hydrogens is 262 g/mol. The molecule has 110 valence electrons. The summed E-state index contributed by atoms with van der Waals surface area (Å²) in [6.45, 7) is 0. The topological polar surface area (TPSA) is 38.7 Å². The highest BCUT2D eigenvalue weighted by atomic mass is 16.7. The molecule has 0 aromatic heterocycles. The maximum atomic E-state index is 12.6. The molecule has 21 heavy (non-hydrogen) atoms. The highest BCUT2D eigenvalue weighted by Gasteiger charge is 2.55. The molecule has 0 radical (unpaired) electrons. The number of carbonyl (C=O) groups is 1. The minimum Gasteiger partial charge on any atom is -0.318 e. The third-order valence-electron chi connectivity index (χ3n) is 5.61. The van der Waals surface area contributed by atoms with E-state index in [1.165, 1.54) is 19.3 Å². The molecule has 4 fully saturated rings. The number of oxime groups is 1. The van der Waals surface area contributed by atoms with E-state index in [9.17, 15) is 4.79 Å². The predicted octanol–water partition coefficient (Wildman–Crippen LogP) is 3.78. The molecule has 3 heteroatoms. The zero-order valence-corrected chi connectivity index (χ0v) is 12.2. The molecule has 0 heterocycles. The minimum absolute atomic E-state index is 0.0891. The number of nitrogens with zero attached hydrogens (tertiary/aromatic N) is 1. The van der Waals surface area contributed by atoms with E-state index in [0.29, 0.717) is 0 Å². The first kappa shape index (κ1) is 13.1. The van der Waals surface area contributed by atoms with Crippen molar-refractivity contribution >= 4 is 12.2 Å². The van der Waals surface area contributed by atoms with Crippen molar-refractivity contribution < 1.29 is 9.63 Å². The Labute approximate surface area is 125 Å². The Morgan fingerprint density at radius 1 is 1.05 bits per heavy atom. The maximum Gasteiger partial charge on any atom is 0.341 e. The fourth-order valence-electron chi connectivity index (χ4n) is 5.13. The minimum atomic E-state index is -0.219. The standard InChI is InChI=1S/C18H21NO2/c20-17(21-19-12-13-4-2-1-3-5-13)18-9-14-6-15(10-18)8-16(7-14)11-18/h1-5,12,14-16H,6-11H2/b19-12+. The van der Waals surface area contributed by atoms with Crippen LogP contribution >= 0.6 is 0 Å². The summed E-state index contributed by atoms with van der Waals surface area (Å²) in [6.07, 6.45) is 8.70. The summed E-state index contributed by atoms with van der Waals surface area (Å²) < 4.78 is 0. The lowest BCUT2D eigenvalue weighted by Gasteiger charge is -2.54. The first-order valence-corrected chi connectivity index (χ1v) is 8.03. The van der Waals surface area contributed by atoms with Crippen molar-refractivity contribution in [1.29, 1.82) is 0 Å². The monoisotopic (exact) mass is 283 g/mol. The van der Waals surface area contributed by atoms with Crippen LogP contribution in [0.15, 0.2) is 35.5 Å². The van der Waals surface area contributed by atoms with Gasteiger partial charge in [0.05, 0.1) is 11.6 Å². The van der Waals surface area contributed by atoms with Gasteiger partial charge in [0.15, 0.2) is 0 Å². The highest BCUT2D eigenvalue weighted by Crippen LogP contribution is 2.60. The van der Waals surface area contributed by atoms with Crippen molar-refractivity contribution in [2.24, 2.45) is 28.3 Å². The molecule has 0 aliphatic heterocycles. The molecule has 0 amide bonds. The summed E-state index contributed by atoms with van der Waals surface area (Å²) in [5, 5.41) is 3.92. The molecule has 4 saturated carbocycles. The van der Waals surface area contributed by atoms with E-state index >= 15 is 0 Å². The average molecular weight is 283 g/mol. The molecule has 0 unspecified atom stereocenters. The van der Waals surface area contributed by atoms with Gasteiger partial charge in [-0.05, 0) is 61.8 Å². The van der Waals surface area contributed by atoms with Crippen LogP contribution in [-0.4, -0.2) is 12.2 Å². The van der Waals surface area contributed by atoms with Gasteiger partial charge in [0.1, 0.15) is 0 Å². The van der Waals surface area contributed by atoms with Gasteiger partial charge in [0.2, 0.25) is 0 Å². The van der Waals surface area contributed by atoms with Crippen LogP contribution in [-0.2, 0) is 9.63 Å².